The summed E-state index contributed by atoms with van der Waals surface area (Å²) in [5.74, 6) is 0. The number of hydrogen-bond donors (Lipinski definition) is 2. The van der Waals surface area contributed by atoms with Crippen LogP contribution in [0.1, 0.15) is 45.6 Å². The summed E-state index contributed by atoms with van der Waals surface area (Å²) in [6, 6.07) is 9.07. The molecule has 0 radical (unpaired) electrons. The maximum atomic E-state index is 9.93. The van der Waals surface area contributed by atoms with E-state index in [4.69, 9.17) is 0 Å². The predicted molar refractivity (Wildman–Crippen MR) is 85.3 cm³/mol. The van der Waals surface area contributed by atoms with E-state index in [0.717, 1.165) is 31.2 Å². The molecule has 2 N–H and O–H groups in total. The molecule has 1 fully saturated rings. The standard InChI is InChI=1S/C17H25N3O/c1-13(2)19-17(11-21)9-5-6-14(10-17)20-12-18-15-7-3-4-8-16(15)20/h3-4,7-8,12-14,19,21H,5-6,9-11H2,1-2H3. The first-order chi connectivity index (χ1) is 10.1. The van der Waals surface area contributed by atoms with Crippen LogP contribution in [0.25, 0.3) is 11.0 Å². The van der Waals surface area contributed by atoms with Crippen LogP contribution in [-0.2, 0) is 0 Å². The second kappa shape index (κ2) is 5.78. The molecular weight excluding hydrogens is 262 g/mol. The van der Waals surface area contributed by atoms with Gasteiger partial charge in [-0.2, -0.15) is 0 Å². The summed E-state index contributed by atoms with van der Waals surface area (Å²) in [5.41, 5.74) is 2.10. The molecule has 1 heterocycles. The van der Waals surface area contributed by atoms with Crippen LogP contribution in [0.15, 0.2) is 30.6 Å². The summed E-state index contributed by atoms with van der Waals surface area (Å²) >= 11 is 0. The van der Waals surface area contributed by atoms with Gasteiger partial charge in [0.05, 0.1) is 24.0 Å². The van der Waals surface area contributed by atoms with Crippen molar-refractivity contribution in [2.24, 2.45) is 0 Å². The molecule has 1 aliphatic rings. The molecule has 1 aromatic heterocycles. The van der Waals surface area contributed by atoms with E-state index in [9.17, 15) is 5.11 Å². The average Bonchev–Trinajstić information content (AvgIpc) is 2.91. The minimum absolute atomic E-state index is 0.150. The minimum atomic E-state index is -0.150. The van der Waals surface area contributed by atoms with E-state index in [2.05, 4.69) is 46.9 Å². The van der Waals surface area contributed by atoms with Crippen LogP contribution in [0.4, 0.5) is 0 Å². The van der Waals surface area contributed by atoms with E-state index in [1.54, 1.807) is 0 Å². The van der Waals surface area contributed by atoms with Crippen molar-refractivity contribution in [1.82, 2.24) is 14.9 Å². The van der Waals surface area contributed by atoms with Gasteiger partial charge in [0.15, 0.2) is 0 Å². The summed E-state index contributed by atoms with van der Waals surface area (Å²) in [5, 5.41) is 13.5. The van der Waals surface area contributed by atoms with Gasteiger partial charge in [0.25, 0.3) is 0 Å². The Balaban J connectivity index is 1.88. The molecule has 0 amide bonds. The molecular formula is C17H25N3O. The van der Waals surface area contributed by atoms with Crippen molar-refractivity contribution in [2.75, 3.05) is 6.61 Å². The molecule has 0 aliphatic heterocycles. The Hall–Kier alpha value is -1.39. The lowest BCUT2D eigenvalue weighted by molar-refractivity contribution is 0.0912. The minimum Gasteiger partial charge on any atom is -0.394 e. The predicted octanol–water partition coefficient (Wildman–Crippen LogP) is 2.88. The number of aliphatic hydroxyl groups is 1. The number of fused-ring (bicyclic) bond motifs is 1. The van der Waals surface area contributed by atoms with Crippen molar-refractivity contribution in [3.8, 4) is 0 Å². The fraction of sp³-hybridized carbons (Fsp3) is 0.588. The Bertz CT molecular complexity index is 607. The van der Waals surface area contributed by atoms with Gasteiger partial charge in [-0.05, 0) is 37.8 Å². The van der Waals surface area contributed by atoms with Gasteiger partial charge in [-0.3, -0.25) is 0 Å². The van der Waals surface area contributed by atoms with Crippen molar-refractivity contribution in [2.45, 2.75) is 57.2 Å². The van der Waals surface area contributed by atoms with Crippen molar-refractivity contribution in [1.29, 1.82) is 0 Å². The summed E-state index contributed by atoms with van der Waals surface area (Å²) in [7, 11) is 0. The molecule has 2 atom stereocenters. The number of nitrogens with zero attached hydrogens (tertiary/aromatic N) is 2. The van der Waals surface area contributed by atoms with E-state index in [-0.39, 0.29) is 12.1 Å². The third-order valence-electron chi connectivity index (χ3n) is 4.59. The maximum absolute atomic E-state index is 9.93. The maximum Gasteiger partial charge on any atom is 0.0960 e. The Morgan fingerprint density at radius 2 is 2.24 bits per heavy atom. The molecule has 1 aliphatic carbocycles. The van der Waals surface area contributed by atoms with E-state index in [1.165, 1.54) is 5.52 Å². The van der Waals surface area contributed by atoms with Gasteiger partial charge in [0, 0.05) is 17.6 Å². The zero-order valence-corrected chi connectivity index (χ0v) is 12.9. The van der Waals surface area contributed by atoms with Crippen molar-refractivity contribution in [3.63, 3.8) is 0 Å². The van der Waals surface area contributed by atoms with Gasteiger partial charge in [-0.15, -0.1) is 0 Å². The Morgan fingerprint density at radius 3 is 3.00 bits per heavy atom. The van der Waals surface area contributed by atoms with Gasteiger partial charge < -0.3 is 15.0 Å². The molecule has 1 saturated carbocycles. The molecule has 4 nitrogen and oxygen atoms in total. The topological polar surface area (TPSA) is 50.1 Å². The number of aromatic nitrogens is 2. The van der Waals surface area contributed by atoms with Gasteiger partial charge in [-0.25, -0.2) is 4.98 Å². The Kier molecular flexibility index (Phi) is 4.00. The SMILES string of the molecule is CC(C)NC1(CO)CCCC(n2cnc3ccccc32)C1. The van der Waals surface area contributed by atoms with Gasteiger partial charge in [0.2, 0.25) is 0 Å². The zero-order chi connectivity index (χ0) is 14.9. The van der Waals surface area contributed by atoms with Crippen LogP contribution >= 0.6 is 0 Å². The second-order valence-electron chi connectivity index (χ2n) is 6.63. The lowest BCUT2D eigenvalue weighted by atomic mass is 9.79. The highest BCUT2D eigenvalue weighted by molar-refractivity contribution is 5.75. The lowest BCUT2D eigenvalue weighted by Gasteiger charge is -2.42. The first-order valence-corrected chi connectivity index (χ1v) is 7.94. The average molecular weight is 287 g/mol. The van der Waals surface area contributed by atoms with Crippen molar-refractivity contribution >= 4 is 11.0 Å². The van der Waals surface area contributed by atoms with Gasteiger partial charge >= 0.3 is 0 Å². The molecule has 21 heavy (non-hydrogen) atoms. The first kappa shape index (κ1) is 14.5. The van der Waals surface area contributed by atoms with Crippen LogP contribution in [0.3, 0.4) is 0 Å². The third-order valence-corrected chi connectivity index (χ3v) is 4.59. The first-order valence-electron chi connectivity index (χ1n) is 7.94. The van der Waals surface area contributed by atoms with Crippen LogP contribution in [0.2, 0.25) is 0 Å². The number of para-hydroxylation sites is 2. The molecule has 3 rings (SSSR count). The van der Waals surface area contributed by atoms with Gasteiger partial charge in [-0.1, -0.05) is 26.0 Å². The van der Waals surface area contributed by atoms with E-state index in [0.29, 0.717) is 12.1 Å². The molecule has 0 spiro atoms. The Labute approximate surface area is 126 Å². The van der Waals surface area contributed by atoms with Crippen LogP contribution in [-0.4, -0.2) is 32.8 Å². The number of aliphatic hydroxyl groups excluding tert-OH is 1. The highest BCUT2D eigenvalue weighted by Gasteiger charge is 2.37. The smallest absolute Gasteiger partial charge is 0.0960 e. The van der Waals surface area contributed by atoms with Crippen LogP contribution < -0.4 is 5.32 Å². The molecule has 4 heteroatoms. The zero-order valence-electron chi connectivity index (χ0n) is 12.9. The van der Waals surface area contributed by atoms with Crippen LogP contribution in [0, 0.1) is 0 Å². The molecule has 114 valence electrons. The quantitative estimate of drug-likeness (QED) is 0.909. The summed E-state index contributed by atoms with van der Waals surface area (Å²) in [4.78, 5) is 4.51. The number of benzene rings is 1. The summed E-state index contributed by atoms with van der Waals surface area (Å²) in [6.45, 7) is 4.50. The van der Waals surface area contributed by atoms with Gasteiger partial charge in [0.1, 0.15) is 0 Å². The monoisotopic (exact) mass is 287 g/mol. The number of rotatable bonds is 4. The highest BCUT2D eigenvalue weighted by Crippen LogP contribution is 2.37. The third kappa shape index (κ3) is 2.83. The Morgan fingerprint density at radius 1 is 1.43 bits per heavy atom. The van der Waals surface area contributed by atoms with Crippen molar-refractivity contribution in [3.05, 3.63) is 30.6 Å². The molecule has 2 aromatic rings. The highest BCUT2D eigenvalue weighted by atomic mass is 16.3. The summed E-state index contributed by atoms with van der Waals surface area (Å²) in [6.07, 6.45) is 6.25. The number of nitrogens with one attached hydrogen (secondary N) is 1. The summed E-state index contributed by atoms with van der Waals surface area (Å²) < 4.78 is 2.29. The van der Waals surface area contributed by atoms with Crippen molar-refractivity contribution < 1.29 is 5.11 Å². The largest absolute Gasteiger partial charge is 0.394 e. The van der Waals surface area contributed by atoms with Crippen LogP contribution in [0.5, 0.6) is 0 Å². The molecule has 0 saturated heterocycles. The van der Waals surface area contributed by atoms with E-state index < -0.39 is 0 Å². The lowest BCUT2D eigenvalue weighted by Crippen LogP contribution is -2.54. The fourth-order valence-corrected chi connectivity index (χ4v) is 3.77. The number of imidazole rings is 1. The normalized spacial score (nSPS) is 26.6. The second-order valence-corrected chi connectivity index (χ2v) is 6.63. The molecule has 2 unspecified atom stereocenters. The molecule has 0 bridgehead atoms. The molecule has 1 aromatic carbocycles. The number of hydrogen-bond acceptors (Lipinski definition) is 3. The van der Waals surface area contributed by atoms with E-state index in [1.807, 2.05) is 12.4 Å². The fourth-order valence-electron chi connectivity index (χ4n) is 3.77. The van der Waals surface area contributed by atoms with E-state index >= 15 is 0 Å².